The topological polar surface area (TPSA) is 104 Å². The Morgan fingerprint density at radius 2 is 1.86 bits per heavy atom. The molecule has 0 radical (unpaired) electrons. The summed E-state index contributed by atoms with van der Waals surface area (Å²) in [5.41, 5.74) is 0.168. The fraction of sp³-hybridized carbons (Fsp3) is 0.611. The van der Waals surface area contributed by atoms with Crippen LogP contribution in [-0.4, -0.2) is 67.7 Å². The number of nitro groups is 1. The van der Waals surface area contributed by atoms with Crippen molar-refractivity contribution in [3.05, 3.63) is 28.3 Å². The van der Waals surface area contributed by atoms with E-state index in [1.807, 2.05) is 11.8 Å². The molecule has 28 heavy (non-hydrogen) atoms. The van der Waals surface area contributed by atoms with E-state index < -0.39 is 14.9 Å². The molecule has 0 bridgehead atoms. The van der Waals surface area contributed by atoms with Crippen molar-refractivity contribution in [2.24, 2.45) is 5.92 Å². The number of carbonyl (C=O) groups is 1. The van der Waals surface area contributed by atoms with Crippen molar-refractivity contribution in [1.29, 1.82) is 0 Å². The minimum Gasteiger partial charge on any atom is -0.362 e. The van der Waals surface area contributed by atoms with Crippen LogP contribution in [0.5, 0.6) is 0 Å². The monoisotopic (exact) mass is 410 g/mol. The van der Waals surface area contributed by atoms with Crippen molar-refractivity contribution in [3.63, 3.8) is 0 Å². The lowest BCUT2D eigenvalue weighted by Crippen LogP contribution is -2.48. The summed E-state index contributed by atoms with van der Waals surface area (Å²) in [6.07, 6.45) is 1.78. The minimum absolute atomic E-state index is 0.0219. The number of rotatable bonds is 4. The summed E-state index contributed by atoms with van der Waals surface area (Å²) < 4.78 is 27.3. The van der Waals surface area contributed by atoms with Gasteiger partial charge in [0.05, 0.1) is 9.82 Å². The summed E-state index contributed by atoms with van der Waals surface area (Å²) in [7, 11) is -3.76. The average molecular weight is 410 g/mol. The van der Waals surface area contributed by atoms with Gasteiger partial charge in [0.15, 0.2) is 0 Å². The Morgan fingerprint density at radius 1 is 1.18 bits per heavy atom. The highest BCUT2D eigenvalue weighted by atomic mass is 32.2. The zero-order valence-electron chi connectivity index (χ0n) is 16.2. The van der Waals surface area contributed by atoms with Crippen molar-refractivity contribution < 1.29 is 18.1 Å². The van der Waals surface area contributed by atoms with Crippen molar-refractivity contribution >= 4 is 27.3 Å². The molecule has 0 N–H and O–H groups in total. The van der Waals surface area contributed by atoms with E-state index in [9.17, 15) is 23.3 Å². The molecule has 2 fully saturated rings. The van der Waals surface area contributed by atoms with Gasteiger partial charge < -0.3 is 9.80 Å². The predicted octanol–water partition coefficient (Wildman–Crippen LogP) is 1.68. The molecule has 1 aromatic carbocycles. The van der Waals surface area contributed by atoms with Gasteiger partial charge in [-0.2, -0.15) is 4.31 Å². The molecule has 1 aromatic rings. The molecule has 0 saturated carbocycles. The first-order valence-corrected chi connectivity index (χ1v) is 10.9. The van der Waals surface area contributed by atoms with E-state index >= 15 is 0 Å². The third kappa shape index (κ3) is 4.12. The lowest BCUT2D eigenvalue weighted by Gasteiger charge is -2.35. The third-order valence-corrected chi connectivity index (χ3v) is 7.33. The number of sulfonamides is 1. The number of nitro benzene ring substituents is 1. The van der Waals surface area contributed by atoms with Crippen LogP contribution in [-0.2, 0) is 14.8 Å². The van der Waals surface area contributed by atoms with Gasteiger partial charge in [-0.05, 0) is 30.9 Å². The van der Waals surface area contributed by atoms with Crippen LogP contribution in [0.25, 0.3) is 0 Å². The Hall–Kier alpha value is -2.20. The number of piperazine rings is 1. The van der Waals surface area contributed by atoms with Gasteiger partial charge in [-0.1, -0.05) is 6.92 Å². The number of carbonyl (C=O) groups excluding carboxylic acids is 1. The van der Waals surface area contributed by atoms with Crippen molar-refractivity contribution in [1.82, 2.24) is 9.21 Å². The zero-order valence-corrected chi connectivity index (χ0v) is 17.0. The highest BCUT2D eigenvalue weighted by Gasteiger charge is 2.32. The van der Waals surface area contributed by atoms with Gasteiger partial charge in [0.2, 0.25) is 15.9 Å². The fourth-order valence-corrected chi connectivity index (χ4v) is 5.47. The standard InChI is InChI=1S/C18H26N4O5S/c1-14-4-3-7-21(13-14)28(26,27)16-5-6-17(18(12-16)22(24)25)20-10-8-19(9-11-20)15(2)23/h5-6,12,14H,3-4,7-11,13H2,1-2H3/t14-/m1/s1. The number of hydrogen-bond acceptors (Lipinski definition) is 6. The summed E-state index contributed by atoms with van der Waals surface area (Å²) in [5, 5.41) is 11.7. The van der Waals surface area contributed by atoms with Gasteiger partial charge >= 0.3 is 0 Å². The summed E-state index contributed by atoms with van der Waals surface area (Å²) in [5.74, 6) is 0.252. The largest absolute Gasteiger partial charge is 0.362 e. The van der Waals surface area contributed by atoms with Crippen LogP contribution in [0.1, 0.15) is 26.7 Å². The maximum absolute atomic E-state index is 13.0. The van der Waals surface area contributed by atoms with Crippen LogP contribution in [0, 0.1) is 16.0 Å². The number of anilines is 1. The Labute approximate surface area is 165 Å². The first-order valence-electron chi connectivity index (χ1n) is 9.49. The lowest BCUT2D eigenvalue weighted by molar-refractivity contribution is -0.384. The molecule has 2 saturated heterocycles. The van der Waals surface area contributed by atoms with Crippen molar-refractivity contribution in [2.45, 2.75) is 31.6 Å². The molecule has 10 heteroatoms. The van der Waals surface area contributed by atoms with Gasteiger partial charge in [0.25, 0.3) is 5.69 Å². The van der Waals surface area contributed by atoms with Crippen molar-refractivity contribution in [3.8, 4) is 0 Å². The number of amides is 1. The SMILES string of the molecule is CC(=O)N1CCN(c2ccc(S(=O)(=O)N3CCC[C@@H](C)C3)cc2[N+](=O)[O-])CC1. The fourth-order valence-electron chi connectivity index (χ4n) is 3.85. The molecule has 0 aromatic heterocycles. The lowest BCUT2D eigenvalue weighted by atomic mass is 10.0. The van der Waals surface area contributed by atoms with E-state index in [0.29, 0.717) is 45.0 Å². The summed E-state index contributed by atoms with van der Waals surface area (Å²) in [6.45, 7) is 6.29. The molecule has 9 nitrogen and oxygen atoms in total. The van der Waals surface area contributed by atoms with Gasteiger partial charge in [0.1, 0.15) is 5.69 Å². The number of hydrogen-bond donors (Lipinski definition) is 0. The third-order valence-electron chi connectivity index (χ3n) is 5.47. The van der Waals surface area contributed by atoms with Gasteiger partial charge in [-0.25, -0.2) is 8.42 Å². The van der Waals surface area contributed by atoms with Gasteiger partial charge in [-0.15, -0.1) is 0 Å². The molecular formula is C18H26N4O5S. The van der Waals surface area contributed by atoms with E-state index in [1.54, 1.807) is 4.90 Å². The molecular weight excluding hydrogens is 384 g/mol. The quantitative estimate of drug-likeness (QED) is 0.553. The Kier molecular flexibility index (Phi) is 5.90. The maximum atomic E-state index is 13.0. The van der Waals surface area contributed by atoms with Crippen molar-refractivity contribution in [2.75, 3.05) is 44.2 Å². The van der Waals surface area contributed by atoms with E-state index in [2.05, 4.69) is 0 Å². The van der Waals surface area contributed by atoms with E-state index in [0.717, 1.165) is 12.8 Å². The molecule has 2 aliphatic rings. The Morgan fingerprint density at radius 3 is 2.43 bits per heavy atom. The van der Waals surface area contributed by atoms with Crippen LogP contribution >= 0.6 is 0 Å². The molecule has 0 spiro atoms. The minimum atomic E-state index is -3.76. The van der Waals surface area contributed by atoms with Gasteiger partial charge in [-0.3, -0.25) is 14.9 Å². The number of benzene rings is 1. The van der Waals surface area contributed by atoms with E-state index in [4.69, 9.17) is 0 Å². The average Bonchev–Trinajstić information content (AvgIpc) is 2.67. The van der Waals surface area contributed by atoms with E-state index in [-0.39, 0.29) is 22.4 Å². The summed E-state index contributed by atoms with van der Waals surface area (Å²) >= 11 is 0. The second-order valence-electron chi connectivity index (χ2n) is 7.51. The summed E-state index contributed by atoms with van der Waals surface area (Å²) in [6, 6.07) is 4.14. The van der Waals surface area contributed by atoms with Crippen LogP contribution < -0.4 is 4.90 Å². The predicted molar refractivity (Wildman–Crippen MR) is 105 cm³/mol. The molecule has 2 aliphatic heterocycles. The second kappa shape index (κ2) is 8.04. The first-order chi connectivity index (χ1) is 13.2. The summed E-state index contributed by atoms with van der Waals surface area (Å²) in [4.78, 5) is 26.1. The smallest absolute Gasteiger partial charge is 0.293 e. The van der Waals surface area contributed by atoms with Crippen LogP contribution in [0.2, 0.25) is 0 Å². The molecule has 154 valence electrons. The van der Waals surface area contributed by atoms with Gasteiger partial charge in [0, 0.05) is 52.3 Å². The number of nitrogens with zero attached hydrogens (tertiary/aromatic N) is 4. The zero-order chi connectivity index (χ0) is 20.5. The normalized spacial score (nSPS) is 21.6. The molecule has 1 atom stereocenters. The Balaban J connectivity index is 1.87. The molecule has 3 rings (SSSR count). The van der Waals surface area contributed by atoms with Crippen LogP contribution in [0.3, 0.4) is 0 Å². The highest BCUT2D eigenvalue weighted by Crippen LogP contribution is 2.33. The first kappa shape index (κ1) is 20.5. The molecule has 0 unspecified atom stereocenters. The van der Waals surface area contributed by atoms with Crippen LogP contribution in [0.15, 0.2) is 23.1 Å². The maximum Gasteiger partial charge on any atom is 0.293 e. The van der Waals surface area contributed by atoms with E-state index in [1.165, 1.54) is 29.4 Å². The molecule has 2 heterocycles. The molecule has 1 amide bonds. The number of piperidine rings is 1. The van der Waals surface area contributed by atoms with Crippen LogP contribution in [0.4, 0.5) is 11.4 Å². The second-order valence-corrected chi connectivity index (χ2v) is 9.45. The Bertz CT molecular complexity index is 865. The molecule has 0 aliphatic carbocycles. The highest BCUT2D eigenvalue weighted by molar-refractivity contribution is 7.89.